The van der Waals surface area contributed by atoms with Crippen molar-refractivity contribution in [1.29, 1.82) is 0 Å². The van der Waals surface area contributed by atoms with E-state index in [4.69, 9.17) is 0 Å². The van der Waals surface area contributed by atoms with Crippen molar-refractivity contribution in [2.75, 3.05) is 13.6 Å². The minimum absolute atomic E-state index is 0.812. The first-order valence-electron chi connectivity index (χ1n) is 5.69. The van der Waals surface area contributed by atoms with E-state index in [1.165, 1.54) is 32.2 Å². The SMILES string of the molecule is CN1CCC[C@@H]2Cc3c[nH]cc3CC21. The van der Waals surface area contributed by atoms with Crippen LogP contribution in [0, 0.1) is 5.92 Å². The van der Waals surface area contributed by atoms with Gasteiger partial charge < -0.3 is 9.88 Å². The summed E-state index contributed by atoms with van der Waals surface area (Å²) >= 11 is 0. The Labute approximate surface area is 85.3 Å². The monoisotopic (exact) mass is 190 g/mol. The summed E-state index contributed by atoms with van der Waals surface area (Å²) < 4.78 is 0. The number of H-pyrrole nitrogens is 1. The molecular formula is C12H18N2. The van der Waals surface area contributed by atoms with Gasteiger partial charge in [0.2, 0.25) is 0 Å². The van der Waals surface area contributed by atoms with E-state index in [0.717, 1.165) is 12.0 Å². The van der Waals surface area contributed by atoms with Gasteiger partial charge in [-0.2, -0.15) is 0 Å². The van der Waals surface area contributed by atoms with E-state index >= 15 is 0 Å². The summed E-state index contributed by atoms with van der Waals surface area (Å²) in [5, 5.41) is 0. The van der Waals surface area contributed by atoms with Gasteiger partial charge in [0.05, 0.1) is 0 Å². The number of likely N-dealkylation sites (N-methyl/N-ethyl adjacent to an activating group) is 1. The topological polar surface area (TPSA) is 19.0 Å². The van der Waals surface area contributed by atoms with Crippen LogP contribution in [-0.2, 0) is 12.8 Å². The second-order valence-corrected chi connectivity index (χ2v) is 4.86. The van der Waals surface area contributed by atoms with Crippen LogP contribution in [-0.4, -0.2) is 29.5 Å². The molecule has 2 heteroatoms. The quantitative estimate of drug-likeness (QED) is 0.661. The van der Waals surface area contributed by atoms with Gasteiger partial charge in [-0.3, -0.25) is 0 Å². The molecule has 0 saturated carbocycles. The van der Waals surface area contributed by atoms with Crippen LogP contribution < -0.4 is 0 Å². The number of fused-ring (bicyclic) bond motifs is 2. The summed E-state index contributed by atoms with van der Waals surface area (Å²) in [4.78, 5) is 5.81. The Hall–Kier alpha value is -0.760. The lowest BCUT2D eigenvalue weighted by atomic mass is 9.77. The smallest absolute Gasteiger partial charge is 0.0165 e. The first-order chi connectivity index (χ1) is 6.84. The third-order valence-corrected chi connectivity index (χ3v) is 4.03. The van der Waals surface area contributed by atoms with Crippen molar-refractivity contribution < 1.29 is 0 Å². The fourth-order valence-electron chi connectivity index (χ4n) is 3.20. The molecule has 0 aromatic carbocycles. The van der Waals surface area contributed by atoms with Gasteiger partial charge in [0.15, 0.2) is 0 Å². The fraction of sp³-hybridized carbons (Fsp3) is 0.667. The zero-order valence-corrected chi connectivity index (χ0v) is 8.79. The van der Waals surface area contributed by atoms with Crippen LogP contribution >= 0.6 is 0 Å². The van der Waals surface area contributed by atoms with Gasteiger partial charge in [-0.05, 0) is 56.3 Å². The predicted octanol–water partition coefficient (Wildman–Crippen LogP) is 1.82. The van der Waals surface area contributed by atoms with E-state index in [2.05, 4.69) is 29.3 Å². The summed E-state index contributed by atoms with van der Waals surface area (Å²) in [6.45, 7) is 1.29. The summed E-state index contributed by atoms with van der Waals surface area (Å²) in [5.41, 5.74) is 3.13. The summed E-state index contributed by atoms with van der Waals surface area (Å²) in [7, 11) is 2.29. The maximum atomic E-state index is 3.25. The van der Waals surface area contributed by atoms with Crippen molar-refractivity contribution in [3.8, 4) is 0 Å². The highest BCUT2D eigenvalue weighted by Gasteiger charge is 2.33. The molecule has 1 aliphatic carbocycles. The molecule has 0 bridgehead atoms. The fourth-order valence-corrected chi connectivity index (χ4v) is 3.20. The van der Waals surface area contributed by atoms with Crippen molar-refractivity contribution in [3.05, 3.63) is 23.5 Å². The van der Waals surface area contributed by atoms with Crippen LogP contribution in [0.25, 0.3) is 0 Å². The van der Waals surface area contributed by atoms with Crippen LogP contribution in [0.4, 0.5) is 0 Å². The largest absolute Gasteiger partial charge is 0.367 e. The Morgan fingerprint density at radius 2 is 2.07 bits per heavy atom. The number of rotatable bonds is 0. The first kappa shape index (κ1) is 8.54. The number of aromatic amines is 1. The average molecular weight is 190 g/mol. The van der Waals surface area contributed by atoms with Gasteiger partial charge in [0.1, 0.15) is 0 Å². The second-order valence-electron chi connectivity index (χ2n) is 4.86. The molecule has 1 unspecified atom stereocenters. The number of hydrogen-bond donors (Lipinski definition) is 1. The number of hydrogen-bond acceptors (Lipinski definition) is 1. The molecule has 14 heavy (non-hydrogen) atoms. The zero-order valence-electron chi connectivity index (χ0n) is 8.79. The Kier molecular flexibility index (Phi) is 1.91. The van der Waals surface area contributed by atoms with E-state index in [1.54, 1.807) is 11.1 Å². The van der Waals surface area contributed by atoms with Crippen LogP contribution in [0.15, 0.2) is 12.4 Å². The molecule has 1 N–H and O–H groups in total. The molecule has 0 amide bonds. The number of piperidine rings is 1. The molecule has 0 spiro atoms. The summed E-state index contributed by atoms with van der Waals surface area (Å²) in [6, 6.07) is 0.812. The van der Waals surface area contributed by atoms with E-state index in [0.29, 0.717) is 0 Å². The molecule has 2 aliphatic rings. The van der Waals surface area contributed by atoms with Gasteiger partial charge in [0, 0.05) is 18.4 Å². The van der Waals surface area contributed by atoms with Crippen molar-refractivity contribution in [1.82, 2.24) is 9.88 Å². The highest BCUT2D eigenvalue weighted by molar-refractivity contribution is 5.28. The lowest BCUT2D eigenvalue weighted by Crippen LogP contribution is -2.46. The van der Waals surface area contributed by atoms with Crippen LogP contribution in [0.2, 0.25) is 0 Å². The van der Waals surface area contributed by atoms with Crippen LogP contribution in [0.1, 0.15) is 24.0 Å². The molecule has 1 saturated heterocycles. The Morgan fingerprint density at radius 3 is 2.93 bits per heavy atom. The molecule has 1 aliphatic heterocycles. The standard InChI is InChI=1S/C12H18N2/c1-14-4-2-3-9-5-10-7-13-8-11(10)6-12(9)14/h7-9,12-13H,2-6H2,1H3/t9-,12?/m1/s1. The Balaban J connectivity index is 1.90. The molecular weight excluding hydrogens is 172 g/mol. The van der Waals surface area contributed by atoms with E-state index in [1.807, 2.05) is 0 Å². The predicted molar refractivity (Wildman–Crippen MR) is 57.3 cm³/mol. The molecule has 2 atom stereocenters. The third kappa shape index (κ3) is 1.21. The zero-order chi connectivity index (χ0) is 9.54. The van der Waals surface area contributed by atoms with Gasteiger partial charge in [-0.25, -0.2) is 0 Å². The van der Waals surface area contributed by atoms with Crippen LogP contribution in [0.5, 0.6) is 0 Å². The minimum atomic E-state index is 0.812. The molecule has 1 aromatic rings. The van der Waals surface area contributed by atoms with Crippen molar-refractivity contribution >= 4 is 0 Å². The highest BCUT2D eigenvalue weighted by atomic mass is 15.1. The Morgan fingerprint density at radius 1 is 1.29 bits per heavy atom. The van der Waals surface area contributed by atoms with Gasteiger partial charge in [0.25, 0.3) is 0 Å². The average Bonchev–Trinajstić information content (AvgIpc) is 2.62. The highest BCUT2D eigenvalue weighted by Crippen LogP contribution is 2.33. The Bertz CT molecular complexity index is 329. The van der Waals surface area contributed by atoms with Crippen LogP contribution in [0.3, 0.4) is 0 Å². The lowest BCUT2D eigenvalue weighted by Gasteiger charge is -2.42. The number of nitrogens with zero attached hydrogens (tertiary/aromatic N) is 1. The molecule has 3 rings (SSSR count). The number of nitrogens with one attached hydrogen (secondary N) is 1. The van der Waals surface area contributed by atoms with Crippen molar-refractivity contribution in [2.45, 2.75) is 31.7 Å². The molecule has 2 heterocycles. The molecule has 0 radical (unpaired) electrons. The van der Waals surface area contributed by atoms with Crippen molar-refractivity contribution in [2.24, 2.45) is 5.92 Å². The second kappa shape index (κ2) is 3.13. The molecule has 1 aromatic heterocycles. The normalized spacial score (nSPS) is 32.4. The third-order valence-electron chi connectivity index (χ3n) is 4.03. The van der Waals surface area contributed by atoms with Gasteiger partial charge >= 0.3 is 0 Å². The summed E-state index contributed by atoms with van der Waals surface area (Å²) in [6.07, 6.45) is 9.76. The number of aromatic nitrogens is 1. The minimum Gasteiger partial charge on any atom is -0.367 e. The van der Waals surface area contributed by atoms with E-state index < -0.39 is 0 Å². The maximum absolute atomic E-state index is 3.25. The van der Waals surface area contributed by atoms with E-state index in [9.17, 15) is 0 Å². The first-order valence-corrected chi connectivity index (χ1v) is 5.69. The lowest BCUT2D eigenvalue weighted by molar-refractivity contribution is 0.113. The van der Waals surface area contributed by atoms with E-state index in [-0.39, 0.29) is 0 Å². The van der Waals surface area contributed by atoms with Gasteiger partial charge in [-0.1, -0.05) is 0 Å². The maximum Gasteiger partial charge on any atom is 0.0165 e. The summed E-state index contributed by atoms with van der Waals surface area (Å²) in [5.74, 6) is 0.914. The molecule has 1 fully saturated rings. The van der Waals surface area contributed by atoms with Crippen molar-refractivity contribution in [3.63, 3.8) is 0 Å². The molecule has 76 valence electrons. The number of likely N-dealkylation sites (tertiary alicyclic amines) is 1. The molecule has 2 nitrogen and oxygen atoms in total. The van der Waals surface area contributed by atoms with Gasteiger partial charge in [-0.15, -0.1) is 0 Å².